The number of halogens is 1. The Morgan fingerprint density at radius 3 is 2.65 bits per heavy atom. The SMILES string of the molecule is Clc1ccsc1[C@@H](C1CCC1)N1CCNCC1. The van der Waals surface area contributed by atoms with Crippen LogP contribution in [0.15, 0.2) is 11.4 Å². The molecule has 17 heavy (non-hydrogen) atoms. The third-order valence-corrected chi connectivity index (χ3v) is 5.48. The van der Waals surface area contributed by atoms with Gasteiger partial charge in [0.25, 0.3) is 0 Å². The van der Waals surface area contributed by atoms with Gasteiger partial charge in [-0.2, -0.15) is 0 Å². The number of hydrogen-bond acceptors (Lipinski definition) is 3. The summed E-state index contributed by atoms with van der Waals surface area (Å²) in [4.78, 5) is 4.04. The Labute approximate surface area is 112 Å². The Morgan fingerprint density at radius 1 is 1.35 bits per heavy atom. The van der Waals surface area contributed by atoms with Crippen LogP contribution < -0.4 is 5.32 Å². The van der Waals surface area contributed by atoms with Crippen LogP contribution in [0.3, 0.4) is 0 Å². The maximum Gasteiger partial charge on any atom is 0.0561 e. The van der Waals surface area contributed by atoms with E-state index in [1.807, 2.05) is 11.3 Å². The van der Waals surface area contributed by atoms with Gasteiger partial charge < -0.3 is 5.32 Å². The molecule has 0 amide bonds. The van der Waals surface area contributed by atoms with E-state index in [9.17, 15) is 0 Å². The molecular weight excluding hydrogens is 252 g/mol. The monoisotopic (exact) mass is 270 g/mol. The van der Waals surface area contributed by atoms with Gasteiger partial charge in [0.1, 0.15) is 0 Å². The summed E-state index contributed by atoms with van der Waals surface area (Å²) < 4.78 is 0. The predicted octanol–water partition coefficient (Wildman–Crippen LogP) is 3.15. The molecule has 1 saturated carbocycles. The minimum atomic E-state index is 0.582. The van der Waals surface area contributed by atoms with E-state index in [4.69, 9.17) is 11.6 Å². The van der Waals surface area contributed by atoms with Gasteiger partial charge in [-0.25, -0.2) is 0 Å². The Balaban J connectivity index is 1.83. The van der Waals surface area contributed by atoms with Gasteiger partial charge in [-0.3, -0.25) is 4.90 Å². The van der Waals surface area contributed by atoms with E-state index in [0.717, 1.165) is 37.1 Å². The third-order valence-electron chi connectivity index (χ3n) is 4.05. The molecule has 2 aliphatic rings. The molecule has 0 bridgehead atoms. The van der Waals surface area contributed by atoms with Crippen molar-refractivity contribution in [2.45, 2.75) is 25.3 Å². The van der Waals surface area contributed by atoms with E-state index in [1.54, 1.807) is 0 Å². The number of piperazine rings is 1. The molecule has 4 heteroatoms. The summed E-state index contributed by atoms with van der Waals surface area (Å²) in [7, 11) is 0. The molecule has 1 atom stereocenters. The predicted molar refractivity (Wildman–Crippen MR) is 73.9 cm³/mol. The second kappa shape index (κ2) is 5.27. The fraction of sp³-hybridized carbons (Fsp3) is 0.692. The molecule has 0 aromatic carbocycles. The lowest BCUT2D eigenvalue weighted by Crippen LogP contribution is -2.47. The van der Waals surface area contributed by atoms with Gasteiger partial charge in [0, 0.05) is 37.1 Å². The first-order valence-electron chi connectivity index (χ1n) is 6.54. The molecule has 2 heterocycles. The van der Waals surface area contributed by atoms with Gasteiger partial charge in [0.05, 0.1) is 5.02 Å². The first-order chi connectivity index (χ1) is 8.36. The molecular formula is C13H19ClN2S. The average molecular weight is 271 g/mol. The zero-order valence-electron chi connectivity index (χ0n) is 9.99. The van der Waals surface area contributed by atoms with Crippen molar-refractivity contribution in [1.82, 2.24) is 10.2 Å². The van der Waals surface area contributed by atoms with Crippen LogP contribution in [0.4, 0.5) is 0 Å². The Bertz CT molecular complexity index is 369. The highest BCUT2D eigenvalue weighted by Gasteiger charge is 2.35. The zero-order chi connectivity index (χ0) is 11.7. The normalized spacial score (nSPS) is 24.5. The third kappa shape index (κ3) is 2.39. The van der Waals surface area contributed by atoms with Gasteiger partial charge in [-0.15, -0.1) is 11.3 Å². The molecule has 1 aliphatic carbocycles. The van der Waals surface area contributed by atoms with Crippen molar-refractivity contribution in [2.75, 3.05) is 26.2 Å². The molecule has 1 aromatic heterocycles. The molecule has 1 aromatic rings. The maximum atomic E-state index is 6.35. The Kier molecular flexibility index (Phi) is 3.71. The van der Waals surface area contributed by atoms with Gasteiger partial charge >= 0.3 is 0 Å². The second-order valence-corrected chi connectivity index (χ2v) is 6.41. The summed E-state index contributed by atoms with van der Waals surface area (Å²) in [6.45, 7) is 4.56. The summed E-state index contributed by atoms with van der Waals surface area (Å²) in [6.07, 6.45) is 4.15. The van der Waals surface area contributed by atoms with Crippen molar-refractivity contribution < 1.29 is 0 Å². The lowest BCUT2D eigenvalue weighted by atomic mass is 9.78. The van der Waals surface area contributed by atoms with Crippen molar-refractivity contribution >= 4 is 22.9 Å². The highest BCUT2D eigenvalue weighted by molar-refractivity contribution is 7.10. The van der Waals surface area contributed by atoms with Crippen LogP contribution in [-0.4, -0.2) is 31.1 Å². The molecule has 1 aliphatic heterocycles. The van der Waals surface area contributed by atoms with Crippen LogP contribution in [0.1, 0.15) is 30.2 Å². The van der Waals surface area contributed by atoms with Crippen LogP contribution in [0.2, 0.25) is 5.02 Å². The quantitative estimate of drug-likeness (QED) is 0.908. The molecule has 0 radical (unpaired) electrons. The maximum absolute atomic E-state index is 6.35. The lowest BCUT2D eigenvalue weighted by molar-refractivity contribution is 0.0861. The molecule has 0 spiro atoms. The zero-order valence-corrected chi connectivity index (χ0v) is 11.6. The van der Waals surface area contributed by atoms with Crippen molar-refractivity contribution in [3.63, 3.8) is 0 Å². The van der Waals surface area contributed by atoms with Crippen LogP contribution in [-0.2, 0) is 0 Å². The largest absolute Gasteiger partial charge is 0.314 e. The molecule has 1 saturated heterocycles. The van der Waals surface area contributed by atoms with Crippen molar-refractivity contribution in [3.05, 3.63) is 21.3 Å². The van der Waals surface area contributed by atoms with E-state index < -0.39 is 0 Å². The van der Waals surface area contributed by atoms with Crippen LogP contribution in [0, 0.1) is 5.92 Å². The number of rotatable bonds is 3. The van der Waals surface area contributed by atoms with Crippen LogP contribution in [0.5, 0.6) is 0 Å². The minimum absolute atomic E-state index is 0.582. The van der Waals surface area contributed by atoms with Crippen molar-refractivity contribution in [2.24, 2.45) is 5.92 Å². The van der Waals surface area contributed by atoms with Crippen LogP contribution in [0.25, 0.3) is 0 Å². The number of hydrogen-bond donors (Lipinski definition) is 1. The number of thiophene rings is 1. The molecule has 1 N–H and O–H groups in total. The summed E-state index contributed by atoms with van der Waals surface area (Å²) in [6, 6.07) is 2.63. The van der Waals surface area contributed by atoms with E-state index in [-0.39, 0.29) is 0 Å². The van der Waals surface area contributed by atoms with E-state index in [2.05, 4.69) is 21.7 Å². The fourth-order valence-corrected chi connectivity index (χ4v) is 4.31. The smallest absolute Gasteiger partial charge is 0.0561 e. The summed E-state index contributed by atoms with van der Waals surface area (Å²) in [5.41, 5.74) is 0. The highest BCUT2D eigenvalue weighted by Crippen LogP contribution is 2.45. The standard InChI is InChI=1S/C13H19ClN2S/c14-11-4-9-17-13(11)12(10-2-1-3-10)16-7-5-15-6-8-16/h4,9-10,12,15H,1-3,5-8H2/t12-/m1/s1. The van der Waals surface area contributed by atoms with Crippen molar-refractivity contribution in [1.29, 1.82) is 0 Å². The Morgan fingerprint density at radius 2 is 2.12 bits per heavy atom. The lowest BCUT2D eigenvalue weighted by Gasteiger charge is -2.42. The van der Waals surface area contributed by atoms with Gasteiger partial charge in [0.15, 0.2) is 0 Å². The summed E-state index contributed by atoms with van der Waals surface area (Å²) in [5.74, 6) is 0.837. The molecule has 2 fully saturated rings. The first-order valence-corrected chi connectivity index (χ1v) is 7.79. The molecule has 3 rings (SSSR count). The van der Waals surface area contributed by atoms with Crippen molar-refractivity contribution in [3.8, 4) is 0 Å². The topological polar surface area (TPSA) is 15.3 Å². The fourth-order valence-electron chi connectivity index (χ4n) is 2.91. The second-order valence-electron chi connectivity index (χ2n) is 5.05. The average Bonchev–Trinajstić information content (AvgIpc) is 2.71. The van der Waals surface area contributed by atoms with Crippen LogP contribution >= 0.6 is 22.9 Å². The number of nitrogens with one attached hydrogen (secondary N) is 1. The van der Waals surface area contributed by atoms with Gasteiger partial charge in [-0.05, 0) is 30.2 Å². The van der Waals surface area contributed by atoms with Gasteiger partial charge in [0.2, 0.25) is 0 Å². The first kappa shape index (κ1) is 12.0. The Hall–Kier alpha value is -0.0900. The van der Waals surface area contributed by atoms with E-state index in [1.165, 1.54) is 24.1 Å². The van der Waals surface area contributed by atoms with E-state index >= 15 is 0 Å². The highest BCUT2D eigenvalue weighted by atomic mass is 35.5. The summed E-state index contributed by atoms with van der Waals surface area (Å²) >= 11 is 8.18. The summed E-state index contributed by atoms with van der Waals surface area (Å²) in [5, 5.41) is 6.54. The van der Waals surface area contributed by atoms with E-state index in [0.29, 0.717) is 6.04 Å². The number of nitrogens with zero attached hydrogens (tertiary/aromatic N) is 1. The minimum Gasteiger partial charge on any atom is -0.314 e. The molecule has 0 unspecified atom stereocenters. The molecule has 2 nitrogen and oxygen atoms in total. The molecule has 94 valence electrons. The van der Waals surface area contributed by atoms with Gasteiger partial charge in [-0.1, -0.05) is 18.0 Å².